The molecule has 1 amide bonds. The van der Waals surface area contributed by atoms with Crippen LogP contribution >= 0.6 is 11.6 Å². The van der Waals surface area contributed by atoms with Crippen molar-refractivity contribution in [2.24, 2.45) is 5.92 Å². The van der Waals surface area contributed by atoms with E-state index in [1.165, 1.54) is 4.31 Å². The minimum Gasteiger partial charge on any atom is -0.341 e. The molecule has 2 aromatic rings. The molecule has 0 bridgehead atoms. The predicted molar refractivity (Wildman–Crippen MR) is 111 cm³/mol. The van der Waals surface area contributed by atoms with Gasteiger partial charge in [0, 0.05) is 31.7 Å². The summed E-state index contributed by atoms with van der Waals surface area (Å²) >= 11 is 5.87. The zero-order valence-electron chi connectivity index (χ0n) is 15.9. The third-order valence-corrected chi connectivity index (χ3v) is 7.10. The summed E-state index contributed by atoms with van der Waals surface area (Å²) in [5.74, 6) is -0.386. The van der Waals surface area contributed by atoms with E-state index < -0.39 is 10.0 Å². The van der Waals surface area contributed by atoms with Crippen molar-refractivity contribution in [3.05, 3.63) is 70.7 Å². The number of rotatable bonds is 6. The fourth-order valence-corrected chi connectivity index (χ4v) is 5.26. The summed E-state index contributed by atoms with van der Waals surface area (Å²) in [6.07, 6.45) is 1.40. The molecule has 1 saturated heterocycles. The fraction of sp³-hybridized carbons (Fsp3) is 0.381. The van der Waals surface area contributed by atoms with Crippen molar-refractivity contribution >= 4 is 27.5 Å². The minimum absolute atomic E-state index is 0.00440. The summed E-state index contributed by atoms with van der Waals surface area (Å²) in [6.45, 7) is 1.23. The Morgan fingerprint density at radius 1 is 1.11 bits per heavy atom. The maximum absolute atomic E-state index is 12.9. The van der Waals surface area contributed by atoms with Gasteiger partial charge in [-0.05, 0) is 36.1 Å². The molecule has 1 aliphatic rings. The summed E-state index contributed by atoms with van der Waals surface area (Å²) in [5.41, 5.74) is 1.75. The van der Waals surface area contributed by atoms with Gasteiger partial charge < -0.3 is 4.90 Å². The largest absolute Gasteiger partial charge is 0.341 e. The molecule has 0 saturated carbocycles. The number of carbonyl (C=O) groups excluding carboxylic acids is 1. The van der Waals surface area contributed by atoms with E-state index >= 15 is 0 Å². The van der Waals surface area contributed by atoms with Crippen molar-refractivity contribution < 1.29 is 13.2 Å². The van der Waals surface area contributed by atoms with Gasteiger partial charge >= 0.3 is 0 Å². The van der Waals surface area contributed by atoms with Gasteiger partial charge in [-0.25, -0.2) is 12.7 Å². The van der Waals surface area contributed by atoms with Crippen molar-refractivity contribution in [1.29, 1.82) is 0 Å². The number of sulfonamides is 1. The van der Waals surface area contributed by atoms with E-state index in [9.17, 15) is 13.2 Å². The van der Waals surface area contributed by atoms with Gasteiger partial charge in [-0.2, -0.15) is 0 Å². The average Bonchev–Trinajstić information content (AvgIpc) is 2.70. The van der Waals surface area contributed by atoms with Crippen LogP contribution in [0.5, 0.6) is 0 Å². The van der Waals surface area contributed by atoms with Gasteiger partial charge in [0.05, 0.1) is 11.7 Å². The van der Waals surface area contributed by atoms with Crippen LogP contribution in [0.15, 0.2) is 54.6 Å². The first-order valence-electron chi connectivity index (χ1n) is 9.36. The first-order chi connectivity index (χ1) is 13.3. The Morgan fingerprint density at radius 3 is 2.46 bits per heavy atom. The lowest BCUT2D eigenvalue weighted by Crippen LogP contribution is -2.46. The lowest BCUT2D eigenvalue weighted by molar-refractivity contribution is -0.135. The maximum Gasteiger partial charge on any atom is 0.227 e. The highest BCUT2D eigenvalue weighted by Crippen LogP contribution is 2.24. The molecule has 1 aliphatic heterocycles. The average molecular weight is 421 g/mol. The van der Waals surface area contributed by atoms with Crippen LogP contribution < -0.4 is 0 Å². The third-order valence-electron chi connectivity index (χ3n) is 5.03. The number of piperidine rings is 1. The Hall–Kier alpha value is -1.89. The Bertz CT molecular complexity index is 901. The van der Waals surface area contributed by atoms with Crippen molar-refractivity contribution in [1.82, 2.24) is 9.21 Å². The zero-order chi connectivity index (χ0) is 20.1. The molecular weight excluding hydrogens is 396 g/mol. The smallest absolute Gasteiger partial charge is 0.227 e. The van der Waals surface area contributed by atoms with Crippen LogP contribution in [-0.4, -0.2) is 43.7 Å². The number of benzene rings is 2. The Labute approximate surface area is 172 Å². The Balaban J connectivity index is 1.63. The first kappa shape index (κ1) is 20.8. The van der Waals surface area contributed by atoms with Gasteiger partial charge in [-0.3, -0.25) is 4.79 Å². The number of halogens is 1. The van der Waals surface area contributed by atoms with Gasteiger partial charge in [0.2, 0.25) is 15.9 Å². The number of carbonyl (C=O) groups is 1. The molecule has 7 heteroatoms. The van der Waals surface area contributed by atoms with E-state index in [0.29, 0.717) is 36.5 Å². The van der Waals surface area contributed by atoms with Crippen molar-refractivity contribution in [3.63, 3.8) is 0 Å². The molecule has 5 nitrogen and oxygen atoms in total. The highest BCUT2D eigenvalue weighted by molar-refractivity contribution is 7.88. The number of hydrogen-bond acceptors (Lipinski definition) is 3. The maximum atomic E-state index is 12.9. The van der Waals surface area contributed by atoms with E-state index in [1.807, 2.05) is 30.3 Å². The second-order valence-corrected chi connectivity index (χ2v) is 9.67. The number of hydrogen-bond donors (Lipinski definition) is 0. The molecule has 3 rings (SSSR count). The van der Waals surface area contributed by atoms with Crippen molar-refractivity contribution in [3.8, 4) is 0 Å². The molecule has 0 aromatic heterocycles. The predicted octanol–water partition coefficient (Wildman–Crippen LogP) is 3.54. The lowest BCUT2D eigenvalue weighted by Gasteiger charge is -2.33. The standard InChI is InChI=1S/C21H25ClN2O3S/c1-23(14-17-6-3-2-4-7-17)21(25)19-8-5-13-24(15-19)28(26,27)16-18-9-11-20(22)12-10-18/h2-4,6-7,9-12,19H,5,8,13-16H2,1H3/t19-/m0/s1. The van der Waals surface area contributed by atoms with Crippen LogP contribution in [0.2, 0.25) is 5.02 Å². The quantitative estimate of drug-likeness (QED) is 0.718. The molecule has 1 fully saturated rings. The van der Waals surface area contributed by atoms with Crippen LogP contribution in [0, 0.1) is 5.92 Å². The lowest BCUT2D eigenvalue weighted by atomic mass is 9.98. The van der Waals surface area contributed by atoms with Crippen LogP contribution in [0.3, 0.4) is 0 Å². The molecule has 0 radical (unpaired) electrons. The molecule has 0 spiro atoms. The van der Waals surface area contributed by atoms with Gasteiger partial charge in [0.25, 0.3) is 0 Å². The van der Waals surface area contributed by atoms with E-state index in [2.05, 4.69) is 0 Å². The molecule has 1 atom stereocenters. The number of amides is 1. The van der Waals surface area contributed by atoms with Crippen LogP contribution in [0.1, 0.15) is 24.0 Å². The summed E-state index contributed by atoms with van der Waals surface area (Å²) in [7, 11) is -1.71. The summed E-state index contributed by atoms with van der Waals surface area (Å²) in [6, 6.07) is 16.6. The van der Waals surface area contributed by atoms with Gasteiger partial charge in [0.15, 0.2) is 0 Å². The zero-order valence-corrected chi connectivity index (χ0v) is 17.5. The summed E-state index contributed by atoms with van der Waals surface area (Å²) in [4.78, 5) is 14.6. The fourth-order valence-electron chi connectivity index (χ4n) is 3.53. The highest BCUT2D eigenvalue weighted by Gasteiger charge is 2.33. The van der Waals surface area contributed by atoms with E-state index in [-0.39, 0.29) is 24.1 Å². The monoisotopic (exact) mass is 420 g/mol. The molecule has 28 heavy (non-hydrogen) atoms. The van der Waals surface area contributed by atoms with Gasteiger partial charge in [-0.1, -0.05) is 54.1 Å². The molecule has 0 unspecified atom stereocenters. The van der Waals surface area contributed by atoms with Crippen molar-refractivity contribution in [2.75, 3.05) is 20.1 Å². The summed E-state index contributed by atoms with van der Waals surface area (Å²) < 4.78 is 27.1. The van der Waals surface area contributed by atoms with E-state index in [0.717, 1.165) is 5.56 Å². The minimum atomic E-state index is -3.48. The van der Waals surface area contributed by atoms with Gasteiger partial charge in [-0.15, -0.1) is 0 Å². The molecule has 150 valence electrons. The van der Waals surface area contributed by atoms with Gasteiger partial charge in [0.1, 0.15) is 0 Å². The van der Waals surface area contributed by atoms with Crippen molar-refractivity contribution in [2.45, 2.75) is 25.1 Å². The highest BCUT2D eigenvalue weighted by atomic mass is 35.5. The molecular formula is C21H25ClN2O3S. The van der Waals surface area contributed by atoms with Crippen LogP contribution in [-0.2, 0) is 27.1 Å². The summed E-state index contributed by atoms with van der Waals surface area (Å²) in [5, 5.41) is 0.575. The second kappa shape index (κ2) is 9.07. The molecule has 2 aromatic carbocycles. The number of nitrogens with zero attached hydrogens (tertiary/aromatic N) is 2. The Morgan fingerprint density at radius 2 is 1.79 bits per heavy atom. The van der Waals surface area contributed by atoms with E-state index in [1.54, 1.807) is 36.2 Å². The molecule has 0 aliphatic carbocycles. The molecule has 0 N–H and O–H groups in total. The normalized spacial score (nSPS) is 18.0. The topological polar surface area (TPSA) is 57.7 Å². The second-order valence-electron chi connectivity index (χ2n) is 7.26. The first-order valence-corrected chi connectivity index (χ1v) is 11.3. The SMILES string of the molecule is CN(Cc1ccccc1)C(=O)[C@H]1CCCN(S(=O)(=O)Cc2ccc(Cl)cc2)C1. The van der Waals surface area contributed by atoms with Crippen LogP contribution in [0.25, 0.3) is 0 Å². The molecule has 1 heterocycles. The van der Waals surface area contributed by atoms with E-state index in [4.69, 9.17) is 11.6 Å². The Kier molecular flexibility index (Phi) is 6.75. The van der Waals surface area contributed by atoms with Crippen LogP contribution in [0.4, 0.5) is 0 Å². The third kappa shape index (κ3) is 5.34.